The fourth-order valence-electron chi connectivity index (χ4n) is 6.14. The van der Waals surface area contributed by atoms with Crippen LogP contribution in [0.3, 0.4) is 0 Å². The van der Waals surface area contributed by atoms with E-state index in [-0.39, 0.29) is 19.1 Å². The highest BCUT2D eigenvalue weighted by atomic mass is 16.3. The maximum Gasteiger partial charge on any atom is 0.190 e. The Hall–Kier alpha value is -2.51. The van der Waals surface area contributed by atoms with Gasteiger partial charge in [-0.3, -0.25) is 14.2 Å². The molecule has 43 heavy (non-hydrogen) atoms. The molecule has 1 saturated heterocycles. The lowest BCUT2D eigenvalue weighted by atomic mass is 9.98. The lowest BCUT2D eigenvalue weighted by Crippen LogP contribution is -2.53. The van der Waals surface area contributed by atoms with Crippen molar-refractivity contribution in [3.8, 4) is 0 Å². The van der Waals surface area contributed by atoms with Crippen molar-refractivity contribution >= 4 is 11.5 Å². The molecule has 0 saturated carbocycles. The monoisotopic (exact) mass is 594 g/mol. The molecule has 0 amide bonds. The highest BCUT2D eigenvalue weighted by Gasteiger charge is 2.29. The number of nitrogens with one attached hydrogen (secondary N) is 1. The van der Waals surface area contributed by atoms with E-state index >= 15 is 0 Å². The number of rotatable bonds is 21. The number of nitrogens with zero attached hydrogens (tertiary/aromatic N) is 2. The summed E-state index contributed by atoms with van der Waals surface area (Å²) in [5.41, 5.74) is 5.86. The fourth-order valence-corrected chi connectivity index (χ4v) is 6.14. The smallest absolute Gasteiger partial charge is 0.190 e. The second-order valence-corrected chi connectivity index (χ2v) is 12.5. The predicted octanol–water partition coefficient (Wildman–Crippen LogP) is 7.22. The molecule has 6 nitrogen and oxygen atoms in total. The molecule has 1 aliphatic heterocycles. The summed E-state index contributed by atoms with van der Waals surface area (Å²) in [6, 6.07) is 6.77. The van der Waals surface area contributed by atoms with Crippen molar-refractivity contribution in [2.24, 2.45) is 0 Å². The number of carbonyl (C=O) groups excluding carboxylic acids is 1. The molecule has 0 bridgehead atoms. The molecular weight excluding hydrogens is 534 g/mol. The summed E-state index contributed by atoms with van der Waals surface area (Å²) in [7, 11) is 0. The molecule has 3 N–H and O–H groups in total. The Morgan fingerprint density at radius 3 is 2.42 bits per heavy atom. The highest BCUT2D eigenvalue weighted by Crippen LogP contribution is 2.27. The van der Waals surface area contributed by atoms with Crippen molar-refractivity contribution in [1.82, 2.24) is 4.90 Å². The van der Waals surface area contributed by atoms with Crippen LogP contribution in [0.25, 0.3) is 0 Å². The van der Waals surface area contributed by atoms with E-state index in [9.17, 15) is 15.0 Å². The van der Waals surface area contributed by atoms with Gasteiger partial charge < -0.3 is 15.5 Å². The topological polar surface area (TPSA) is 72.8 Å². The molecule has 6 heteroatoms. The van der Waals surface area contributed by atoms with Gasteiger partial charge in [-0.05, 0) is 96.9 Å². The van der Waals surface area contributed by atoms with Gasteiger partial charge in [0.1, 0.15) is 6.54 Å². The fraction of sp³-hybridized carbons (Fsp3) is 0.595. The van der Waals surface area contributed by atoms with Crippen LogP contribution in [0.15, 0.2) is 66.4 Å². The minimum absolute atomic E-state index is 0.0357. The van der Waals surface area contributed by atoms with Crippen LogP contribution in [0.5, 0.6) is 0 Å². The Bertz CT molecular complexity index is 1060. The summed E-state index contributed by atoms with van der Waals surface area (Å²) in [5.74, 6) is 0.155. The van der Waals surface area contributed by atoms with E-state index in [1.807, 2.05) is 44.2 Å². The first kappa shape index (κ1) is 36.7. The number of hydrogen-bond acceptors (Lipinski definition) is 5. The van der Waals surface area contributed by atoms with Crippen molar-refractivity contribution in [1.29, 1.82) is 0 Å². The van der Waals surface area contributed by atoms with Crippen molar-refractivity contribution in [3.63, 3.8) is 0 Å². The second kappa shape index (κ2) is 20.4. The minimum Gasteiger partial charge on any atom is -0.396 e. The van der Waals surface area contributed by atoms with E-state index < -0.39 is 0 Å². The zero-order chi connectivity index (χ0) is 31.5. The summed E-state index contributed by atoms with van der Waals surface area (Å²) in [5, 5.41) is 23.4. The summed E-state index contributed by atoms with van der Waals surface area (Å²) in [4.78, 5) is 15.6. The largest absolute Gasteiger partial charge is 0.396 e. The number of Topliss-reactive ketones (excluding diaryl/α,β-unsaturated/α-hetero) is 1. The standard InChI is InChI=1S/C37H60N3O3/c1-6-7-10-18-31(2)22-23-35(43)29-40(30-42,27-15-16-28-41)26-14-9-8-12-24-39-25-13-11-21-36(39)34(5)38-37-32(3)19-17-20-33(37)4/h6-7,10,17-20,22,36,38,41-42H,5,8-9,11-16,21,23-30H2,1-4H3/q+1/b7-6+,18-10-,31-22+. The van der Waals surface area contributed by atoms with Crippen LogP contribution in [-0.4, -0.2) is 77.5 Å². The normalized spacial score (nSPS) is 17.9. The van der Waals surface area contributed by atoms with Gasteiger partial charge in [0.15, 0.2) is 12.5 Å². The third-order valence-electron chi connectivity index (χ3n) is 8.78. The molecule has 1 aromatic rings. The van der Waals surface area contributed by atoms with Crippen LogP contribution in [0.2, 0.25) is 0 Å². The molecule has 1 aromatic carbocycles. The quantitative estimate of drug-likeness (QED) is 0.0607. The van der Waals surface area contributed by atoms with Crippen LogP contribution < -0.4 is 5.32 Å². The van der Waals surface area contributed by atoms with E-state index in [0.29, 0.717) is 29.9 Å². The van der Waals surface area contributed by atoms with Crippen LogP contribution in [-0.2, 0) is 4.79 Å². The van der Waals surface area contributed by atoms with E-state index in [1.165, 1.54) is 29.7 Å². The number of carbonyl (C=O) groups is 1. The molecule has 2 unspecified atom stereocenters. The lowest BCUT2D eigenvalue weighted by molar-refractivity contribution is -0.938. The number of para-hydroxylation sites is 1. The van der Waals surface area contributed by atoms with Crippen LogP contribution in [0.4, 0.5) is 5.69 Å². The third-order valence-corrected chi connectivity index (χ3v) is 8.78. The zero-order valence-corrected chi connectivity index (χ0v) is 27.6. The molecule has 1 heterocycles. The van der Waals surface area contributed by atoms with Gasteiger partial charge in [0.25, 0.3) is 0 Å². The minimum atomic E-state index is -0.0357. The molecule has 1 aliphatic rings. The number of benzene rings is 1. The summed E-state index contributed by atoms with van der Waals surface area (Å²) in [6.07, 6.45) is 19.8. The first-order chi connectivity index (χ1) is 20.7. The first-order valence-corrected chi connectivity index (χ1v) is 16.6. The Labute approximate surface area is 262 Å². The van der Waals surface area contributed by atoms with Crippen molar-refractivity contribution in [2.45, 2.75) is 97.9 Å². The molecule has 0 radical (unpaired) electrons. The zero-order valence-electron chi connectivity index (χ0n) is 27.6. The summed E-state index contributed by atoms with van der Waals surface area (Å²) in [6.45, 7) is 16.9. The summed E-state index contributed by atoms with van der Waals surface area (Å²) >= 11 is 0. The number of unbranched alkanes of at least 4 members (excludes halogenated alkanes) is 4. The number of quaternary nitrogens is 1. The molecule has 2 atom stereocenters. The van der Waals surface area contributed by atoms with Crippen LogP contribution in [0.1, 0.15) is 89.2 Å². The Morgan fingerprint density at radius 1 is 1.05 bits per heavy atom. The number of allylic oxidation sites excluding steroid dienone is 6. The van der Waals surface area contributed by atoms with Crippen molar-refractivity contribution in [2.75, 3.05) is 51.4 Å². The number of likely N-dealkylation sites (tertiary alicyclic amines) is 1. The Morgan fingerprint density at radius 2 is 1.74 bits per heavy atom. The average molecular weight is 595 g/mol. The van der Waals surface area contributed by atoms with Gasteiger partial charge in [0.2, 0.25) is 0 Å². The number of anilines is 1. The van der Waals surface area contributed by atoms with Gasteiger partial charge in [-0.25, -0.2) is 0 Å². The molecule has 0 aromatic heterocycles. The second-order valence-electron chi connectivity index (χ2n) is 12.5. The van der Waals surface area contributed by atoms with Crippen LogP contribution >= 0.6 is 0 Å². The summed E-state index contributed by atoms with van der Waals surface area (Å²) < 4.78 is 0.401. The van der Waals surface area contributed by atoms with E-state index in [1.54, 1.807) is 0 Å². The van der Waals surface area contributed by atoms with Crippen LogP contribution in [0, 0.1) is 13.8 Å². The predicted molar refractivity (Wildman–Crippen MR) is 182 cm³/mol. The molecular formula is C37H60N3O3+. The number of ketones is 1. The van der Waals surface area contributed by atoms with Crippen molar-refractivity contribution in [3.05, 3.63) is 77.6 Å². The van der Waals surface area contributed by atoms with Gasteiger partial charge in [-0.15, -0.1) is 0 Å². The maximum atomic E-state index is 13.0. The molecule has 0 aliphatic carbocycles. The van der Waals surface area contributed by atoms with E-state index in [0.717, 1.165) is 76.0 Å². The van der Waals surface area contributed by atoms with Crippen molar-refractivity contribution < 1.29 is 19.5 Å². The molecule has 1 fully saturated rings. The first-order valence-electron chi connectivity index (χ1n) is 16.6. The SMILES string of the molecule is C=C(Nc1c(C)cccc1C)C1CCCCN1CCCCCC[N+](CO)(CCCCO)CC(=O)C/C=C(C)/C=C\C=C\C. The van der Waals surface area contributed by atoms with Gasteiger partial charge in [-0.2, -0.15) is 0 Å². The number of hydrogen-bond donors (Lipinski definition) is 3. The number of aryl methyl sites for hydroxylation is 2. The molecule has 2 rings (SSSR count). The van der Waals surface area contributed by atoms with Gasteiger partial charge >= 0.3 is 0 Å². The highest BCUT2D eigenvalue weighted by molar-refractivity contribution is 5.81. The maximum absolute atomic E-state index is 13.0. The lowest BCUT2D eigenvalue weighted by Gasteiger charge is -2.37. The number of aliphatic hydroxyl groups is 2. The Kier molecular flexibility index (Phi) is 17.4. The Balaban J connectivity index is 1.86. The number of piperidine rings is 1. The average Bonchev–Trinajstić information content (AvgIpc) is 3.00. The third kappa shape index (κ3) is 13.3. The van der Waals surface area contributed by atoms with E-state index in [4.69, 9.17) is 0 Å². The van der Waals surface area contributed by atoms with Gasteiger partial charge in [0, 0.05) is 30.5 Å². The van der Waals surface area contributed by atoms with E-state index in [2.05, 4.69) is 48.8 Å². The van der Waals surface area contributed by atoms with Gasteiger partial charge in [0.05, 0.1) is 13.1 Å². The van der Waals surface area contributed by atoms with Gasteiger partial charge in [-0.1, -0.05) is 73.6 Å². The number of aliphatic hydroxyl groups excluding tert-OH is 2. The molecule has 240 valence electrons. The molecule has 0 spiro atoms.